The maximum Gasteiger partial charge on any atom is 0.317 e. The highest BCUT2D eigenvalue weighted by atomic mass is 127. The predicted molar refractivity (Wildman–Crippen MR) is 162 cm³/mol. The molecule has 2 aromatic carbocycles. The van der Waals surface area contributed by atoms with E-state index in [4.69, 9.17) is 16.2 Å². The number of nitrogen functional groups attached to an aromatic ring is 2. The number of guanidine groups is 1. The highest BCUT2D eigenvalue weighted by molar-refractivity contribution is 14.1. The first-order chi connectivity index (χ1) is 19.3. The number of urea groups is 1. The maximum atomic E-state index is 12.8. The lowest BCUT2D eigenvalue weighted by Gasteiger charge is -2.38. The number of aryl methyl sites for hydroxylation is 1. The first-order valence-corrected chi connectivity index (χ1v) is 14.2. The minimum atomic E-state index is -0.602. The van der Waals surface area contributed by atoms with Gasteiger partial charge in [0.15, 0.2) is 23.3 Å². The van der Waals surface area contributed by atoms with E-state index < -0.39 is 5.91 Å². The molecule has 13 heteroatoms. The third kappa shape index (κ3) is 5.83. The van der Waals surface area contributed by atoms with Gasteiger partial charge in [0.2, 0.25) is 0 Å². The van der Waals surface area contributed by atoms with Crippen molar-refractivity contribution in [2.24, 2.45) is 4.99 Å². The summed E-state index contributed by atoms with van der Waals surface area (Å²) in [7, 11) is 1.68. The van der Waals surface area contributed by atoms with E-state index >= 15 is 0 Å². The average Bonchev–Trinajstić information content (AvgIpc) is 3.34. The van der Waals surface area contributed by atoms with Crippen molar-refractivity contribution in [3.8, 4) is 5.75 Å². The second kappa shape index (κ2) is 11.7. The number of hydrogen-bond donors (Lipinski definition) is 5. The number of carbonyl (C=O) groups is 2. The van der Waals surface area contributed by atoms with E-state index in [1.165, 1.54) is 10.9 Å². The Morgan fingerprint density at radius 1 is 1.12 bits per heavy atom. The van der Waals surface area contributed by atoms with Crippen molar-refractivity contribution in [2.75, 3.05) is 44.8 Å². The lowest BCUT2D eigenvalue weighted by Crippen LogP contribution is -2.55. The molecule has 0 aliphatic carbocycles. The number of halogens is 1. The van der Waals surface area contributed by atoms with Crippen LogP contribution in [-0.4, -0.2) is 71.6 Å². The van der Waals surface area contributed by atoms with Crippen LogP contribution in [0.2, 0.25) is 0 Å². The van der Waals surface area contributed by atoms with E-state index in [1.54, 1.807) is 7.11 Å². The van der Waals surface area contributed by atoms with Gasteiger partial charge >= 0.3 is 11.9 Å². The molecule has 210 valence electrons. The summed E-state index contributed by atoms with van der Waals surface area (Å²) in [5.74, 6) is 0.733. The molecule has 2 aliphatic rings. The third-order valence-corrected chi connectivity index (χ3v) is 8.19. The fourth-order valence-corrected chi connectivity index (χ4v) is 5.53. The third-order valence-electron chi connectivity index (χ3n) is 7.40. The lowest BCUT2D eigenvalue weighted by molar-refractivity contribution is 0.0998. The number of fused-ring (bicyclic) bond motifs is 1. The predicted octanol–water partition coefficient (Wildman–Crippen LogP) is 2.27. The summed E-state index contributed by atoms with van der Waals surface area (Å²) >= 11 is 1.89. The van der Waals surface area contributed by atoms with Crippen LogP contribution in [-0.2, 0) is 6.42 Å². The Kier molecular flexibility index (Phi) is 8.09. The molecular formula is C27H32IN9O3. The summed E-state index contributed by atoms with van der Waals surface area (Å²) in [6.45, 7) is 2.39. The van der Waals surface area contributed by atoms with Gasteiger partial charge in [0.1, 0.15) is 9.45 Å². The summed E-state index contributed by atoms with van der Waals surface area (Å²) < 4.78 is 5.88. The van der Waals surface area contributed by atoms with Crippen LogP contribution >= 0.6 is 22.6 Å². The van der Waals surface area contributed by atoms with E-state index in [0.717, 1.165) is 36.8 Å². The van der Waals surface area contributed by atoms with Crippen LogP contribution < -0.4 is 32.2 Å². The molecule has 5 rings (SSSR count). The van der Waals surface area contributed by atoms with Gasteiger partial charge in [-0.25, -0.2) is 14.8 Å². The largest absolute Gasteiger partial charge is 0.496 e. The topological polar surface area (TPSA) is 173 Å². The Labute approximate surface area is 245 Å². The van der Waals surface area contributed by atoms with E-state index in [0.29, 0.717) is 35.8 Å². The molecule has 7 N–H and O–H groups in total. The van der Waals surface area contributed by atoms with Crippen molar-refractivity contribution in [3.05, 3.63) is 51.4 Å². The summed E-state index contributed by atoms with van der Waals surface area (Å²) in [6, 6.07) is 12.2. The van der Waals surface area contributed by atoms with Gasteiger partial charge in [0.25, 0.3) is 0 Å². The Bertz CT molecular complexity index is 1470. The molecule has 1 aromatic heterocycles. The molecule has 12 nitrogen and oxygen atoms in total. The number of nitrogens with two attached hydrogens (primary N) is 2. The van der Waals surface area contributed by atoms with Crippen molar-refractivity contribution in [3.63, 3.8) is 0 Å². The molecule has 0 radical (unpaired) electrons. The van der Waals surface area contributed by atoms with Crippen LogP contribution in [0.15, 0.2) is 41.4 Å². The molecule has 2 fully saturated rings. The number of likely N-dealkylation sites (tertiary alicyclic amines) is 1. The molecule has 0 saturated carbocycles. The number of piperidine rings is 1. The van der Waals surface area contributed by atoms with E-state index in [1.807, 2.05) is 45.7 Å². The average molecular weight is 658 g/mol. The van der Waals surface area contributed by atoms with Crippen molar-refractivity contribution in [1.29, 1.82) is 0 Å². The quantitative estimate of drug-likeness (QED) is 0.197. The number of aromatic nitrogens is 2. The van der Waals surface area contributed by atoms with Gasteiger partial charge in [-0.3, -0.25) is 4.79 Å². The zero-order chi connectivity index (χ0) is 28.3. The van der Waals surface area contributed by atoms with Crippen LogP contribution in [0.25, 0.3) is 10.8 Å². The van der Waals surface area contributed by atoms with Gasteiger partial charge in [0, 0.05) is 31.6 Å². The highest BCUT2D eigenvalue weighted by Gasteiger charge is 2.40. The Morgan fingerprint density at radius 2 is 1.88 bits per heavy atom. The number of methoxy groups -OCH3 is 1. The Morgan fingerprint density at radius 3 is 2.62 bits per heavy atom. The number of amides is 3. The zero-order valence-corrected chi connectivity index (χ0v) is 24.3. The van der Waals surface area contributed by atoms with Crippen molar-refractivity contribution in [1.82, 2.24) is 30.8 Å². The standard InChI is InChI=1S/C27H32IN9O3/c1-40-19-9-8-16(17-6-2-3-7-18(17)19)5-4-12-31-26(39)37-13-10-27(11-14-37)15-32-25(36-27)35-24(38)20-22(29)34-23(30)21(28)33-20/h2-3,6-9H,4-5,10-15H2,1H3,(H,31,39)(H4,29,30,34)(H2,32,35,36,38). The van der Waals surface area contributed by atoms with Crippen LogP contribution in [0.3, 0.4) is 0 Å². The minimum absolute atomic E-state index is 0.0395. The summed E-state index contributed by atoms with van der Waals surface area (Å²) in [6.07, 6.45) is 3.14. The van der Waals surface area contributed by atoms with Gasteiger partial charge in [-0.2, -0.15) is 4.99 Å². The lowest BCUT2D eigenvalue weighted by atomic mass is 9.89. The second-order valence-electron chi connectivity index (χ2n) is 9.95. The summed E-state index contributed by atoms with van der Waals surface area (Å²) in [5, 5.41) is 11.8. The number of nitrogens with one attached hydrogen (secondary N) is 3. The molecular weight excluding hydrogens is 625 g/mol. The number of nitrogens with zero attached hydrogens (tertiary/aromatic N) is 4. The molecule has 2 saturated heterocycles. The van der Waals surface area contributed by atoms with Crippen LogP contribution in [0.5, 0.6) is 5.75 Å². The molecule has 0 atom stereocenters. The van der Waals surface area contributed by atoms with E-state index in [-0.39, 0.29) is 28.9 Å². The van der Waals surface area contributed by atoms with E-state index in [2.05, 4.69) is 49.1 Å². The monoisotopic (exact) mass is 657 g/mol. The number of ether oxygens (including phenoxy) is 1. The maximum absolute atomic E-state index is 12.8. The number of anilines is 2. The van der Waals surface area contributed by atoms with Gasteiger partial charge in [0.05, 0.1) is 12.6 Å². The fourth-order valence-electron chi connectivity index (χ4n) is 5.17. The summed E-state index contributed by atoms with van der Waals surface area (Å²) in [4.78, 5) is 39.5. The first kappa shape index (κ1) is 27.7. The molecule has 3 aromatic rings. The molecule has 0 bridgehead atoms. The number of hydrogen-bond acceptors (Lipinski definition) is 7. The summed E-state index contributed by atoms with van der Waals surface area (Å²) in [5.41, 5.74) is 12.4. The van der Waals surface area contributed by atoms with Crippen LogP contribution in [0, 0.1) is 3.70 Å². The van der Waals surface area contributed by atoms with Crippen LogP contribution in [0.1, 0.15) is 35.3 Å². The Hall–Kier alpha value is -3.88. The number of aliphatic imine (C=N–C) groups is 1. The normalized spacial score (nSPS) is 17.1. The van der Waals surface area contributed by atoms with Crippen molar-refractivity contribution >= 4 is 62.9 Å². The highest BCUT2D eigenvalue weighted by Crippen LogP contribution is 2.29. The smallest absolute Gasteiger partial charge is 0.317 e. The van der Waals surface area contributed by atoms with Gasteiger partial charge in [-0.05, 0) is 65.3 Å². The molecule has 40 heavy (non-hydrogen) atoms. The molecule has 3 heterocycles. The van der Waals surface area contributed by atoms with E-state index in [9.17, 15) is 9.59 Å². The minimum Gasteiger partial charge on any atom is -0.496 e. The van der Waals surface area contributed by atoms with Gasteiger partial charge in [-0.1, -0.05) is 30.3 Å². The number of rotatable bonds is 6. The van der Waals surface area contributed by atoms with Crippen molar-refractivity contribution in [2.45, 2.75) is 31.2 Å². The van der Waals surface area contributed by atoms with Crippen LogP contribution in [0.4, 0.5) is 16.4 Å². The SMILES string of the molecule is COc1ccc(CCCNC(=O)N2CCC3(CC2)CN/C(=N\C(=O)c2nc(I)c(N)nc2N)N3)c2ccccc12. The van der Waals surface area contributed by atoms with Gasteiger partial charge < -0.3 is 37.1 Å². The first-order valence-electron chi connectivity index (χ1n) is 13.1. The number of benzene rings is 2. The number of carbonyl (C=O) groups excluding carboxylic acids is 2. The molecule has 2 aliphatic heterocycles. The Balaban J connectivity index is 1.09. The molecule has 3 amide bonds. The van der Waals surface area contributed by atoms with Gasteiger partial charge in [-0.15, -0.1) is 0 Å². The molecule has 1 spiro atoms. The zero-order valence-electron chi connectivity index (χ0n) is 22.2. The second-order valence-corrected chi connectivity index (χ2v) is 11.0. The van der Waals surface area contributed by atoms with Crippen molar-refractivity contribution < 1.29 is 14.3 Å². The molecule has 0 unspecified atom stereocenters. The fraction of sp³-hybridized carbons (Fsp3) is 0.370.